The molecule has 2 unspecified atom stereocenters. The highest BCUT2D eigenvalue weighted by Crippen LogP contribution is 2.21. The third-order valence-electron chi connectivity index (χ3n) is 2.85. The minimum Gasteiger partial charge on any atom is -0.464 e. The molecule has 0 radical (unpaired) electrons. The lowest BCUT2D eigenvalue weighted by atomic mass is 10.1. The molecular formula is C12H19NO3. The van der Waals surface area contributed by atoms with Gasteiger partial charge >= 0.3 is 0 Å². The molecular weight excluding hydrogens is 206 g/mol. The SMILES string of the molecule is Cc1ccc(C(CN)OCC2CCOC2)o1. The lowest BCUT2D eigenvalue weighted by molar-refractivity contribution is 0.0179. The van der Waals surface area contributed by atoms with Gasteiger partial charge in [0.1, 0.15) is 17.6 Å². The zero-order chi connectivity index (χ0) is 11.4. The predicted octanol–water partition coefficient (Wildman–Crippen LogP) is 1.64. The van der Waals surface area contributed by atoms with E-state index in [-0.39, 0.29) is 6.10 Å². The molecule has 4 heteroatoms. The summed E-state index contributed by atoms with van der Waals surface area (Å²) < 4.78 is 16.6. The van der Waals surface area contributed by atoms with Gasteiger partial charge in [-0.1, -0.05) is 0 Å². The third kappa shape index (κ3) is 2.84. The summed E-state index contributed by atoms with van der Waals surface area (Å²) in [6, 6.07) is 3.86. The number of aryl methyl sites for hydroxylation is 1. The van der Waals surface area contributed by atoms with E-state index < -0.39 is 0 Å². The van der Waals surface area contributed by atoms with Crippen LogP contribution in [0.2, 0.25) is 0 Å². The highest BCUT2D eigenvalue weighted by molar-refractivity contribution is 5.08. The van der Waals surface area contributed by atoms with Crippen LogP contribution >= 0.6 is 0 Å². The number of rotatable bonds is 5. The van der Waals surface area contributed by atoms with Crippen molar-refractivity contribution in [3.05, 3.63) is 23.7 Å². The van der Waals surface area contributed by atoms with E-state index in [0.29, 0.717) is 19.1 Å². The van der Waals surface area contributed by atoms with Gasteiger partial charge in [-0.2, -0.15) is 0 Å². The Labute approximate surface area is 95.7 Å². The number of hydrogen-bond donors (Lipinski definition) is 1. The van der Waals surface area contributed by atoms with Crippen LogP contribution in [0.25, 0.3) is 0 Å². The summed E-state index contributed by atoms with van der Waals surface area (Å²) in [5.41, 5.74) is 5.68. The first-order valence-corrected chi connectivity index (χ1v) is 5.75. The fraction of sp³-hybridized carbons (Fsp3) is 0.667. The quantitative estimate of drug-likeness (QED) is 0.827. The summed E-state index contributed by atoms with van der Waals surface area (Å²) in [6.07, 6.45) is 0.948. The third-order valence-corrected chi connectivity index (χ3v) is 2.85. The standard InChI is InChI=1S/C12H19NO3/c1-9-2-3-11(16-9)12(6-13)15-8-10-4-5-14-7-10/h2-3,10,12H,4-8,13H2,1H3. The van der Waals surface area contributed by atoms with Gasteiger partial charge in [-0.15, -0.1) is 0 Å². The molecule has 2 atom stereocenters. The Bertz CT molecular complexity index is 318. The fourth-order valence-electron chi connectivity index (χ4n) is 1.86. The van der Waals surface area contributed by atoms with E-state index in [1.165, 1.54) is 0 Å². The molecule has 1 aliphatic rings. The molecule has 2 rings (SSSR count). The molecule has 4 nitrogen and oxygen atoms in total. The number of ether oxygens (including phenoxy) is 2. The Morgan fingerprint density at radius 2 is 2.44 bits per heavy atom. The lowest BCUT2D eigenvalue weighted by Crippen LogP contribution is -2.19. The second-order valence-corrected chi connectivity index (χ2v) is 4.24. The van der Waals surface area contributed by atoms with Gasteiger partial charge in [-0.3, -0.25) is 0 Å². The summed E-state index contributed by atoms with van der Waals surface area (Å²) in [5, 5.41) is 0. The van der Waals surface area contributed by atoms with E-state index in [9.17, 15) is 0 Å². The maximum absolute atomic E-state index is 5.78. The van der Waals surface area contributed by atoms with E-state index >= 15 is 0 Å². The normalized spacial score (nSPS) is 22.5. The molecule has 0 spiro atoms. The number of furan rings is 1. The van der Waals surface area contributed by atoms with E-state index in [0.717, 1.165) is 31.2 Å². The number of hydrogen-bond acceptors (Lipinski definition) is 4. The van der Waals surface area contributed by atoms with Crippen molar-refractivity contribution in [2.24, 2.45) is 11.7 Å². The topological polar surface area (TPSA) is 57.6 Å². The summed E-state index contributed by atoms with van der Waals surface area (Å²) >= 11 is 0. The lowest BCUT2D eigenvalue weighted by Gasteiger charge is -2.16. The first kappa shape index (κ1) is 11.6. The molecule has 0 bridgehead atoms. The van der Waals surface area contributed by atoms with Gasteiger partial charge in [0.15, 0.2) is 0 Å². The second-order valence-electron chi connectivity index (χ2n) is 4.24. The smallest absolute Gasteiger partial charge is 0.134 e. The van der Waals surface area contributed by atoms with Crippen LogP contribution in [0.3, 0.4) is 0 Å². The van der Waals surface area contributed by atoms with Crippen molar-refractivity contribution in [2.45, 2.75) is 19.4 Å². The summed E-state index contributed by atoms with van der Waals surface area (Å²) in [5.74, 6) is 2.21. The fourth-order valence-corrected chi connectivity index (χ4v) is 1.86. The molecule has 90 valence electrons. The van der Waals surface area contributed by atoms with Gasteiger partial charge in [0.2, 0.25) is 0 Å². The molecule has 1 saturated heterocycles. The van der Waals surface area contributed by atoms with Crippen molar-refractivity contribution in [1.82, 2.24) is 0 Å². The zero-order valence-corrected chi connectivity index (χ0v) is 9.65. The van der Waals surface area contributed by atoms with Crippen LogP contribution < -0.4 is 5.73 Å². The van der Waals surface area contributed by atoms with Crippen LogP contribution in [0.15, 0.2) is 16.5 Å². The van der Waals surface area contributed by atoms with Crippen molar-refractivity contribution in [2.75, 3.05) is 26.4 Å². The van der Waals surface area contributed by atoms with Crippen LogP contribution in [0.4, 0.5) is 0 Å². The molecule has 2 heterocycles. The largest absolute Gasteiger partial charge is 0.464 e. The van der Waals surface area contributed by atoms with Gasteiger partial charge in [0.25, 0.3) is 0 Å². The molecule has 0 saturated carbocycles. The predicted molar refractivity (Wildman–Crippen MR) is 60.1 cm³/mol. The molecule has 2 N–H and O–H groups in total. The summed E-state index contributed by atoms with van der Waals surface area (Å²) in [7, 11) is 0. The molecule has 1 aromatic rings. The Hall–Kier alpha value is -0.840. The minimum absolute atomic E-state index is 0.130. The molecule has 0 aliphatic carbocycles. The molecule has 1 aromatic heterocycles. The van der Waals surface area contributed by atoms with Crippen LogP contribution in [0.1, 0.15) is 24.0 Å². The summed E-state index contributed by atoms with van der Waals surface area (Å²) in [4.78, 5) is 0. The van der Waals surface area contributed by atoms with Gasteiger partial charge in [0.05, 0.1) is 13.2 Å². The molecule has 0 amide bonds. The van der Waals surface area contributed by atoms with Crippen LogP contribution in [0, 0.1) is 12.8 Å². The highest BCUT2D eigenvalue weighted by Gasteiger charge is 2.20. The Morgan fingerprint density at radius 3 is 3.00 bits per heavy atom. The average molecular weight is 225 g/mol. The zero-order valence-electron chi connectivity index (χ0n) is 9.65. The maximum Gasteiger partial charge on any atom is 0.134 e. The second kappa shape index (κ2) is 5.48. The van der Waals surface area contributed by atoms with Gasteiger partial charge in [-0.25, -0.2) is 0 Å². The number of nitrogens with two attached hydrogens (primary N) is 1. The minimum atomic E-state index is -0.130. The van der Waals surface area contributed by atoms with E-state index in [4.69, 9.17) is 19.6 Å². The van der Waals surface area contributed by atoms with Crippen LogP contribution in [-0.2, 0) is 9.47 Å². The Morgan fingerprint density at radius 1 is 1.56 bits per heavy atom. The molecule has 1 aliphatic heterocycles. The van der Waals surface area contributed by atoms with Crippen molar-refractivity contribution >= 4 is 0 Å². The van der Waals surface area contributed by atoms with E-state index in [1.807, 2.05) is 19.1 Å². The van der Waals surface area contributed by atoms with Crippen molar-refractivity contribution in [1.29, 1.82) is 0 Å². The Balaban J connectivity index is 1.85. The average Bonchev–Trinajstić information content (AvgIpc) is 2.91. The van der Waals surface area contributed by atoms with Crippen molar-refractivity contribution in [3.8, 4) is 0 Å². The monoisotopic (exact) mass is 225 g/mol. The molecule has 0 aromatic carbocycles. The first-order valence-electron chi connectivity index (χ1n) is 5.75. The van der Waals surface area contributed by atoms with Gasteiger partial charge in [-0.05, 0) is 25.5 Å². The van der Waals surface area contributed by atoms with Crippen molar-refractivity contribution < 1.29 is 13.9 Å². The van der Waals surface area contributed by atoms with E-state index in [2.05, 4.69) is 0 Å². The summed E-state index contributed by atoms with van der Waals surface area (Å²) in [6.45, 7) is 4.71. The first-order chi connectivity index (χ1) is 7.79. The Kier molecular flexibility index (Phi) is 3.98. The van der Waals surface area contributed by atoms with Gasteiger partial charge < -0.3 is 19.6 Å². The molecule has 1 fully saturated rings. The highest BCUT2D eigenvalue weighted by atomic mass is 16.5. The van der Waals surface area contributed by atoms with Crippen LogP contribution in [-0.4, -0.2) is 26.4 Å². The van der Waals surface area contributed by atoms with Crippen LogP contribution in [0.5, 0.6) is 0 Å². The van der Waals surface area contributed by atoms with Crippen molar-refractivity contribution in [3.63, 3.8) is 0 Å². The van der Waals surface area contributed by atoms with E-state index in [1.54, 1.807) is 0 Å². The molecule has 16 heavy (non-hydrogen) atoms. The van der Waals surface area contributed by atoms with Gasteiger partial charge in [0, 0.05) is 19.1 Å². The maximum atomic E-state index is 5.78.